The summed E-state index contributed by atoms with van der Waals surface area (Å²) < 4.78 is 43.4. The van der Waals surface area contributed by atoms with Crippen molar-refractivity contribution in [1.82, 2.24) is 4.98 Å². The standard InChI is InChI=1S/C13H12F3NO2/c1-6-4-7(2)10-8(5-6)9(12(18)19-3)11(17-10)13(14,15)16/h4-5,17H,1-3H3. The summed E-state index contributed by atoms with van der Waals surface area (Å²) in [7, 11) is 1.06. The van der Waals surface area contributed by atoms with E-state index in [2.05, 4.69) is 9.72 Å². The van der Waals surface area contributed by atoms with Gasteiger partial charge in [0.2, 0.25) is 0 Å². The quantitative estimate of drug-likeness (QED) is 0.805. The van der Waals surface area contributed by atoms with Crippen molar-refractivity contribution in [2.75, 3.05) is 7.11 Å². The summed E-state index contributed by atoms with van der Waals surface area (Å²) in [4.78, 5) is 13.9. The lowest BCUT2D eigenvalue weighted by atomic mass is 10.0. The zero-order valence-electron chi connectivity index (χ0n) is 10.6. The van der Waals surface area contributed by atoms with Gasteiger partial charge < -0.3 is 9.72 Å². The van der Waals surface area contributed by atoms with Gasteiger partial charge in [0.15, 0.2) is 0 Å². The van der Waals surface area contributed by atoms with E-state index in [0.717, 1.165) is 12.7 Å². The van der Waals surface area contributed by atoms with E-state index in [1.807, 2.05) is 0 Å². The van der Waals surface area contributed by atoms with E-state index < -0.39 is 23.4 Å². The third-order valence-electron chi connectivity index (χ3n) is 2.92. The molecule has 1 N–H and O–H groups in total. The van der Waals surface area contributed by atoms with E-state index in [1.165, 1.54) is 0 Å². The summed E-state index contributed by atoms with van der Waals surface area (Å²) in [5, 5.41) is 0.233. The number of ether oxygens (including phenoxy) is 1. The van der Waals surface area contributed by atoms with Gasteiger partial charge in [-0.3, -0.25) is 0 Å². The summed E-state index contributed by atoms with van der Waals surface area (Å²) in [6.07, 6.45) is -4.64. The van der Waals surface area contributed by atoms with Crippen molar-refractivity contribution < 1.29 is 22.7 Å². The lowest BCUT2D eigenvalue weighted by Gasteiger charge is -2.06. The molecule has 0 atom stereocenters. The second kappa shape index (κ2) is 4.29. The van der Waals surface area contributed by atoms with E-state index in [9.17, 15) is 18.0 Å². The molecule has 0 saturated carbocycles. The number of rotatable bonds is 1. The fraction of sp³-hybridized carbons (Fsp3) is 0.308. The predicted octanol–water partition coefficient (Wildman–Crippen LogP) is 3.59. The van der Waals surface area contributed by atoms with Crippen molar-refractivity contribution in [2.45, 2.75) is 20.0 Å². The van der Waals surface area contributed by atoms with E-state index in [-0.39, 0.29) is 5.39 Å². The molecule has 1 aromatic heterocycles. The number of aromatic nitrogens is 1. The first-order valence-electron chi connectivity index (χ1n) is 5.54. The number of alkyl halides is 3. The van der Waals surface area contributed by atoms with Crippen molar-refractivity contribution in [1.29, 1.82) is 0 Å². The smallest absolute Gasteiger partial charge is 0.432 e. The fourth-order valence-electron chi connectivity index (χ4n) is 2.18. The molecule has 0 bridgehead atoms. The Morgan fingerprint density at radius 1 is 1.26 bits per heavy atom. The van der Waals surface area contributed by atoms with Gasteiger partial charge in [0, 0.05) is 10.9 Å². The van der Waals surface area contributed by atoms with Crippen LogP contribution in [0.15, 0.2) is 12.1 Å². The van der Waals surface area contributed by atoms with Crippen molar-refractivity contribution in [2.24, 2.45) is 0 Å². The fourth-order valence-corrected chi connectivity index (χ4v) is 2.18. The largest absolute Gasteiger partial charge is 0.465 e. The average molecular weight is 271 g/mol. The van der Waals surface area contributed by atoms with Gasteiger partial charge in [0.05, 0.1) is 12.7 Å². The molecule has 0 unspecified atom stereocenters. The molecule has 0 saturated heterocycles. The van der Waals surface area contributed by atoms with Crippen LogP contribution in [0.2, 0.25) is 0 Å². The van der Waals surface area contributed by atoms with Gasteiger partial charge in [-0.15, -0.1) is 0 Å². The highest BCUT2D eigenvalue weighted by molar-refractivity contribution is 6.06. The molecule has 3 nitrogen and oxygen atoms in total. The molecule has 19 heavy (non-hydrogen) atoms. The van der Waals surface area contributed by atoms with Crippen molar-refractivity contribution >= 4 is 16.9 Å². The van der Waals surface area contributed by atoms with E-state index >= 15 is 0 Å². The summed E-state index contributed by atoms with van der Waals surface area (Å²) in [6, 6.07) is 3.29. The Morgan fingerprint density at radius 2 is 1.89 bits per heavy atom. The number of carbonyl (C=O) groups excluding carboxylic acids is 1. The Kier molecular flexibility index (Phi) is 3.04. The average Bonchev–Trinajstić information content (AvgIpc) is 2.67. The maximum atomic E-state index is 13.0. The summed E-state index contributed by atoms with van der Waals surface area (Å²) in [6.45, 7) is 3.45. The number of halogens is 3. The number of benzene rings is 1. The normalized spacial score (nSPS) is 11.9. The lowest BCUT2D eigenvalue weighted by Crippen LogP contribution is -2.13. The minimum Gasteiger partial charge on any atom is -0.465 e. The zero-order chi connectivity index (χ0) is 14.4. The third-order valence-corrected chi connectivity index (χ3v) is 2.92. The minimum atomic E-state index is -4.64. The zero-order valence-corrected chi connectivity index (χ0v) is 10.6. The van der Waals surface area contributed by atoms with Crippen LogP contribution in [0, 0.1) is 13.8 Å². The number of methoxy groups -OCH3 is 1. The SMILES string of the molecule is COC(=O)c1c(C(F)(F)F)[nH]c2c(C)cc(C)cc12. The number of aryl methyl sites for hydroxylation is 2. The molecule has 0 radical (unpaired) electrons. The summed E-state index contributed by atoms with van der Waals surface area (Å²) >= 11 is 0. The van der Waals surface area contributed by atoms with E-state index in [0.29, 0.717) is 11.1 Å². The molecular weight excluding hydrogens is 259 g/mol. The van der Waals surface area contributed by atoms with Crippen molar-refractivity contribution in [3.05, 3.63) is 34.5 Å². The van der Waals surface area contributed by atoms with Crippen LogP contribution in [0.1, 0.15) is 27.2 Å². The topological polar surface area (TPSA) is 42.1 Å². The van der Waals surface area contributed by atoms with Crippen LogP contribution in [0.5, 0.6) is 0 Å². The van der Waals surface area contributed by atoms with Crippen LogP contribution in [-0.4, -0.2) is 18.1 Å². The monoisotopic (exact) mass is 271 g/mol. The minimum absolute atomic E-state index is 0.233. The van der Waals surface area contributed by atoms with Crippen LogP contribution in [0.3, 0.4) is 0 Å². The number of aromatic amines is 1. The summed E-state index contributed by atoms with van der Waals surface area (Å²) in [5.41, 5.74) is 0.205. The lowest BCUT2D eigenvalue weighted by molar-refractivity contribution is -0.141. The van der Waals surface area contributed by atoms with Crippen LogP contribution < -0.4 is 0 Å². The molecule has 0 aliphatic rings. The molecule has 6 heteroatoms. The van der Waals surface area contributed by atoms with E-state index in [1.54, 1.807) is 26.0 Å². The molecule has 1 heterocycles. The van der Waals surface area contributed by atoms with Crippen molar-refractivity contribution in [3.63, 3.8) is 0 Å². The highest BCUT2D eigenvalue weighted by Gasteiger charge is 2.39. The molecule has 0 aliphatic carbocycles. The molecule has 0 spiro atoms. The first-order valence-corrected chi connectivity index (χ1v) is 5.54. The number of hydrogen-bond donors (Lipinski definition) is 1. The van der Waals surface area contributed by atoms with Crippen LogP contribution in [-0.2, 0) is 10.9 Å². The van der Waals surface area contributed by atoms with Gasteiger partial charge >= 0.3 is 12.1 Å². The Morgan fingerprint density at radius 3 is 2.42 bits per heavy atom. The molecule has 102 valence electrons. The molecule has 2 rings (SSSR count). The van der Waals surface area contributed by atoms with Gasteiger partial charge in [-0.05, 0) is 25.5 Å². The highest BCUT2D eigenvalue weighted by atomic mass is 19.4. The molecule has 0 fully saturated rings. The maximum Gasteiger partial charge on any atom is 0.432 e. The summed E-state index contributed by atoms with van der Waals surface area (Å²) in [5.74, 6) is -0.997. The van der Waals surface area contributed by atoms with Gasteiger partial charge in [0.1, 0.15) is 5.69 Å². The maximum absolute atomic E-state index is 13.0. The van der Waals surface area contributed by atoms with Gasteiger partial charge in [-0.2, -0.15) is 13.2 Å². The molecule has 2 aromatic rings. The molecular formula is C13H12F3NO2. The predicted molar refractivity (Wildman–Crippen MR) is 64.1 cm³/mol. The molecule has 0 aliphatic heterocycles. The van der Waals surface area contributed by atoms with E-state index in [4.69, 9.17) is 0 Å². The molecule has 1 aromatic carbocycles. The van der Waals surface area contributed by atoms with Crippen LogP contribution in [0.4, 0.5) is 13.2 Å². The number of nitrogens with one attached hydrogen (secondary N) is 1. The number of carbonyl (C=O) groups is 1. The van der Waals surface area contributed by atoms with Crippen molar-refractivity contribution in [3.8, 4) is 0 Å². The van der Waals surface area contributed by atoms with Gasteiger partial charge in [-0.25, -0.2) is 4.79 Å². The number of esters is 1. The van der Waals surface area contributed by atoms with Gasteiger partial charge in [0.25, 0.3) is 0 Å². The number of H-pyrrole nitrogens is 1. The first-order chi connectivity index (χ1) is 8.75. The Hall–Kier alpha value is -1.98. The Labute approximate surface area is 107 Å². The second-order valence-electron chi connectivity index (χ2n) is 4.37. The third kappa shape index (κ3) is 2.18. The first kappa shape index (κ1) is 13.5. The second-order valence-corrected chi connectivity index (χ2v) is 4.37. The number of hydrogen-bond acceptors (Lipinski definition) is 2. The van der Waals surface area contributed by atoms with Crippen LogP contribution in [0.25, 0.3) is 10.9 Å². The van der Waals surface area contributed by atoms with Crippen LogP contribution >= 0.6 is 0 Å². The molecule has 0 amide bonds. The number of fused-ring (bicyclic) bond motifs is 1. The Balaban J connectivity index is 2.90. The highest BCUT2D eigenvalue weighted by Crippen LogP contribution is 2.37. The van der Waals surface area contributed by atoms with Gasteiger partial charge in [-0.1, -0.05) is 11.6 Å². The Bertz CT molecular complexity index is 656.